The lowest BCUT2D eigenvalue weighted by Crippen LogP contribution is -2.05. The molecule has 1 aromatic heterocycles. The molecule has 2 rings (SSSR count). The molecule has 84 valence electrons. The zero-order valence-corrected chi connectivity index (χ0v) is 10.5. The van der Waals surface area contributed by atoms with Crippen molar-refractivity contribution in [2.75, 3.05) is 6.54 Å². The van der Waals surface area contributed by atoms with Crippen LogP contribution < -0.4 is 0 Å². The third-order valence-electron chi connectivity index (χ3n) is 2.16. The average molecular weight is 234 g/mol. The molecule has 4 heteroatoms. The lowest BCUT2D eigenvalue weighted by atomic mass is 10.4. The molecule has 0 saturated heterocycles. The van der Waals surface area contributed by atoms with Crippen molar-refractivity contribution < 1.29 is 4.74 Å². The molecule has 0 amide bonds. The van der Waals surface area contributed by atoms with Gasteiger partial charge in [0.15, 0.2) is 0 Å². The SMILES string of the molecule is C/C=C1/N=C(c2ccc(C)s2)OC1=NCC. The number of ether oxygens (including phenoxy) is 1. The average Bonchev–Trinajstić information content (AvgIpc) is 2.85. The van der Waals surface area contributed by atoms with E-state index in [1.807, 2.05) is 26.0 Å². The first-order valence-electron chi connectivity index (χ1n) is 5.29. The summed E-state index contributed by atoms with van der Waals surface area (Å²) in [7, 11) is 0. The highest BCUT2D eigenvalue weighted by molar-refractivity contribution is 7.14. The molecule has 1 aromatic rings. The first kappa shape index (κ1) is 11.1. The van der Waals surface area contributed by atoms with Gasteiger partial charge in [-0.05, 0) is 32.9 Å². The van der Waals surface area contributed by atoms with Crippen molar-refractivity contribution in [3.05, 3.63) is 33.7 Å². The van der Waals surface area contributed by atoms with E-state index in [-0.39, 0.29) is 0 Å². The number of aliphatic imine (C=N–C) groups is 2. The molecule has 2 heterocycles. The minimum atomic E-state index is 0.631. The minimum absolute atomic E-state index is 0.631. The summed E-state index contributed by atoms with van der Waals surface area (Å²) in [6.45, 7) is 6.70. The van der Waals surface area contributed by atoms with E-state index in [0.717, 1.165) is 10.6 Å². The molecule has 1 aliphatic heterocycles. The molecule has 3 nitrogen and oxygen atoms in total. The minimum Gasteiger partial charge on any atom is -0.417 e. The normalized spacial score (nSPS) is 20.3. The van der Waals surface area contributed by atoms with Crippen LogP contribution in [0.5, 0.6) is 0 Å². The van der Waals surface area contributed by atoms with Crippen LogP contribution in [0.4, 0.5) is 0 Å². The summed E-state index contributed by atoms with van der Waals surface area (Å²) < 4.78 is 5.65. The number of aryl methyl sites for hydroxylation is 1. The predicted molar refractivity (Wildman–Crippen MR) is 68.4 cm³/mol. The van der Waals surface area contributed by atoms with Gasteiger partial charge < -0.3 is 4.74 Å². The quantitative estimate of drug-likeness (QED) is 0.774. The second kappa shape index (κ2) is 4.61. The van der Waals surface area contributed by atoms with Gasteiger partial charge in [0.2, 0.25) is 11.8 Å². The van der Waals surface area contributed by atoms with Crippen LogP contribution in [0.3, 0.4) is 0 Å². The third kappa shape index (κ3) is 2.07. The van der Waals surface area contributed by atoms with Gasteiger partial charge in [-0.3, -0.25) is 0 Å². The lowest BCUT2D eigenvalue weighted by molar-refractivity contribution is 0.563. The second-order valence-electron chi connectivity index (χ2n) is 3.38. The zero-order chi connectivity index (χ0) is 11.5. The Hall–Kier alpha value is -1.42. The summed E-state index contributed by atoms with van der Waals surface area (Å²) in [6.07, 6.45) is 1.92. The molecule has 0 unspecified atom stereocenters. The van der Waals surface area contributed by atoms with Crippen molar-refractivity contribution in [3.63, 3.8) is 0 Å². The molecule has 0 radical (unpaired) electrons. The largest absolute Gasteiger partial charge is 0.417 e. The first-order valence-corrected chi connectivity index (χ1v) is 6.10. The fourth-order valence-corrected chi connectivity index (χ4v) is 2.22. The van der Waals surface area contributed by atoms with E-state index in [9.17, 15) is 0 Å². The number of nitrogens with zero attached hydrogens (tertiary/aromatic N) is 2. The van der Waals surface area contributed by atoms with Crippen LogP contribution >= 0.6 is 11.3 Å². The zero-order valence-electron chi connectivity index (χ0n) is 9.65. The highest BCUT2D eigenvalue weighted by Crippen LogP contribution is 2.22. The van der Waals surface area contributed by atoms with E-state index in [0.29, 0.717) is 18.3 Å². The Balaban J connectivity index is 2.30. The molecule has 1 aliphatic rings. The summed E-state index contributed by atoms with van der Waals surface area (Å²) in [5.41, 5.74) is 0.822. The van der Waals surface area contributed by atoms with Gasteiger partial charge in [-0.2, -0.15) is 0 Å². The maximum Gasteiger partial charge on any atom is 0.242 e. The highest BCUT2D eigenvalue weighted by atomic mass is 32.1. The predicted octanol–water partition coefficient (Wildman–Crippen LogP) is 3.16. The second-order valence-corrected chi connectivity index (χ2v) is 4.67. The number of hydrogen-bond acceptors (Lipinski definition) is 4. The highest BCUT2D eigenvalue weighted by Gasteiger charge is 2.22. The maximum atomic E-state index is 5.65. The van der Waals surface area contributed by atoms with E-state index in [1.54, 1.807) is 11.3 Å². The molecule has 0 bridgehead atoms. The van der Waals surface area contributed by atoms with Crippen molar-refractivity contribution in [2.24, 2.45) is 9.98 Å². The van der Waals surface area contributed by atoms with Crippen LogP contribution in [-0.4, -0.2) is 18.3 Å². The van der Waals surface area contributed by atoms with Crippen LogP contribution in [0.2, 0.25) is 0 Å². The Labute approximate surface area is 99.2 Å². The Morgan fingerprint density at radius 3 is 2.88 bits per heavy atom. The number of thiophene rings is 1. The molecule has 0 fully saturated rings. The molecular formula is C12H14N2OS. The maximum absolute atomic E-state index is 5.65. The van der Waals surface area contributed by atoms with E-state index in [1.165, 1.54) is 4.88 Å². The Morgan fingerprint density at radius 1 is 1.50 bits per heavy atom. The van der Waals surface area contributed by atoms with Crippen molar-refractivity contribution in [1.29, 1.82) is 0 Å². The van der Waals surface area contributed by atoms with Crippen molar-refractivity contribution in [2.45, 2.75) is 20.8 Å². The van der Waals surface area contributed by atoms with Gasteiger partial charge in [0, 0.05) is 11.4 Å². The van der Waals surface area contributed by atoms with E-state index < -0.39 is 0 Å². The van der Waals surface area contributed by atoms with Gasteiger partial charge in [-0.15, -0.1) is 11.3 Å². The van der Waals surface area contributed by atoms with Crippen LogP contribution in [0.25, 0.3) is 0 Å². The molecule has 16 heavy (non-hydrogen) atoms. The molecule has 0 aliphatic carbocycles. The topological polar surface area (TPSA) is 34.0 Å². The summed E-state index contributed by atoms with van der Waals surface area (Å²) in [5, 5.41) is 0. The smallest absolute Gasteiger partial charge is 0.242 e. The summed E-state index contributed by atoms with van der Waals surface area (Å²) in [4.78, 5) is 11.0. The van der Waals surface area contributed by atoms with Crippen molar-refractivity contribution in [1.82, 2.24) is 0 Å². The van der Waals surface area contributed by atoms with E-state index >= 15 is 0 Å². The van der Waals surface area contributed by atoms with Crippen molar-refractivity contribution in [3.8, 4) is 0 Å². The summed E-state index contributed by atoms with van der Waals surface area (Å²) in [5.74, 6) is 1.30. The summed E-state index contributed by atoms with van der Waals surface area (Å²) in [6, 6.07) is 4.09. The third-order valence-corrected chi connectivity index (χ3v) is 3.15. The van der Waals surface area contributed by atoms with Crippen LogP contribution in [0.15, 0.2) is 33.9 Å². The molecule has 0 atom stereocenters. The van der Waals surface area contributed by atoms with Gasteiger partial charge >= 0.3 is 0 Å². The Morgan fingerprint density at radius 2 is 2.31 bits per heavy atom. The number of hydrogen-bond donors (Lipinski definition) is 0. The number of rotatable bonds is 2. The standard InChI is InChI=1S/C12H14N2OS/c1-4-9-11(13-5-2)15-12(14-9)10-7-6-8(3)16-10/h4,6-7H,5H2,1-3H3/b9-4+,13-11?. The van der Waals surface area contributed by atoms with Gasteiger partial charge in [-0.1, -0.05) is 6.08 Å². The van der Waals surface area contributed by atoms with E-state index in [2.05, 4.69) is 23.0 Å². The van der Waals surface area contributed by atoms with Gasteiger partial charge in [0.05, 0.1) is 4.88 Å². The number of allylic oxidation sites excluding steroid dienone is 1. The molecule has 0 saturated carbocycles. The Kier molecular flexibility index (Phi) is 3.19. The fourth-order valence-electron chi connectivity index (χ4n) is 1.42. The Bertz CT molecular complexity index is 483. The van der Waals surface area contributed by atoms with Crippen LogP contribution in [0.1, 0.15) is 23.6 Å². The van der Waals surface area contributed by atoms with Gasteiger partial charge in [0.25, 0.3) is 0 Å². The van der Waals surface area contributed by atoms with Crippen LogP contribution in [-0.2, 0) is 4.74 Å². The van der Waals surface area contributed by atoms with E-state index in [4.69, 9.17) is 4.74 Å². The van der Waals surface area contributed by atoms with Gasteiger partial charge in [-0.25, -0.2) is 9.98 Å². The molecular weight excluding hydrogens is 220 g/mol. The monoisotopic (exact) mass is 234 g/mol. The fraction of sp³-hybridized carbons (Fsp3) is 0.333. The van der Waals surface area contributed by atoms with Crippen LogP contribution in [0, 0.1) is 6.92 Å². The lowest BCUT2D eigenvalue weighted by Gasteiger charge is -1.98. The van der Waals surface area contributed by atoms with Gasteiger partial charge in [0.1, 0.15) is 5.70 Å². The first-order chi connectivity index (χ1) is 7.74. The molecule has 0 N–H and O–H groups in total. The van der Waals surface area contributed by atoms with Crippen molar-refractivity contribution >= 4 is 23.1 Å². The molecule has 0 spiro atoms. The summed E-state index contributed by atoms with van der Waals surface area (Å²) >= 11 is 1.68. The molecule has 0 aromatic carbocycles.